The number of aromatic nitrogens is 1. The van der Waals surface area contributed by atoms with Crippen LogP contribution in [0.1, 0.15) is 43.5 Å². The van der Waals surface area contributed by atoms with Crippen LogP contribution in [-0.4, -0.2) is 55.0 Å². The van der Waals surface area contributed by atoms with Crippen LogP contribution < -0.4 is 10.2 Å². The van der Waals surface area contributed by atoms with E-state index in [4.69, 9.17) is 9.47 Å². The van der Waals surface area contributed by atoms with Crippen molar-refractivity contribution in [1.82, 2.24) is 4.57 Å². The van der Waals surface area contributed by atoms with E-state index in [2.05, 4.69) is 11.4 Å². The number of rotatable bonds is 5. The molecule has 0 aromatic carbocycles. The van der Waals surface area contributed by atoms with Crippen molar-refractivity contribution in [3.8, 4) is 6.07 Å². The van der Waals surface area contributed by atoms with Crippen LogP contribution in [0.15, 0.2) is 0 Å². The zero-order chi connectivity index (χ0) is 19.6. The molecule has 7 nitrogen and oxygen atoms in total. The van der Waals surface area contributed by atoms with Crippen LogP contribution in [0.5, 0.6) is 0 Å². The first kappa shape index (κ1) is 19.9. The van der Waals surface area contributed by atoms with E-state index in [1.165, 1.54) is 4.90 Å². The number of anilines is 1. The average molecular weight is 375 g/mol. The molecule has 0 spiro atoms. The van der Waals surface area contributed by atoms with Crippen LogP contribution in [0.2, 0.25) is 0 Å². The number of hydrogen-bond acceptors (Lipinski definition) is 4. The summed E-state index contributed by atoms with van der Waals surface area (Å²) in [6.07, 6.45) is 2.52. The zero-order valence-corrected chi connectivity index (χ0v) is 16.8. The Morgan fingerprint density at radius 2 is 2.04 bits per heavy atom. The highest BCUT2D eigenvalue weighted by molar-refractivity contribution is 5.92. The van der Waals surface area contributed by atoms with Crippen molar-refractivity contribution in [3.05, 3.63) is 16.8 Å². The van der Waals surface area contributed by atoms with E-state index in [0.717, 1.165) is 43.8 Å². The molecular formula is C20H31N4O3+. The Labute approximate surface area is 161 Å². The Bertz CT molecular complexity index is 721. The fraction of sp³-hybridized carbons (Fsp3) is 0.700. The minimum absolute atomic E-state index is 0.0612. The standard InChI is InChI=1S/C20H30N4O3/c1-13-9-23(10-14(2)27-13)12-19(25)22-20-18(8-21)15(3)16(4)24(20)11-17-6-5-7-26-17/h13-14,17H,5-7,9-12H2,1-4H3,(H,22,25)/p+1/t13-,14-,17-/m0/s1. The second kappa shape index (κ2) is 8.42. The van der Waals surface area contributed by atoms with Gasteiger partial charge in [-0.15, -0.1) is 0 Å². The van der Waals surface area contributed by atoms with Gasteiger partial charge in [0.2, 0.25) is 0 Å². The lowest BCUT2D eigenvalue weighted by Gasteiger charge is -2.32. The fourth-order valence-electron chi connectivity index (χ4n) is 4.29. The van der Waals surface area contributed by atoms with Gasteiger partial charge in [-0.2, -0.15) is 5.26 Å². The van der Waals surface area contributed by atoms with Gasteiger partial charge in [0.05, 0.1) is 18.2 Å². The monoisotopic (exact) mass is 375 g/mol. The summed E-state index contributed by atoms with van der Waals surface area (Å²) >= 11 is 0. The molecule has 1 aromatic rings. The maximum Gasteiger partial charge on any atom is 0.280 e. The molecule has 1 aromatic heterocycles. The van der Waals surface area contributed by atoms with E-state index in [1.807, 2.05) is 32.3 Å². The fourth-order valence-corrected chi connectivity index (χ4v) is 4.29. The quantitative estimate of drug-likeness (QED) is 0.797. The highest BCUT2D eigenvalue weighted by Crippen LogP contribution is 2.28. The van der Waals surface area contributed by atoms with Crippen LogP contribution in [0, 0.1) is 25.2 Å². The second-order valence-electron chi connectivity index (χ2n) is 7.93. The van der Waals surface area contributed by atoms with Crippen molar-refractivity contribution in [1.29, 1.82) is 5.26 Å². The summed E-state index contributed by atoms with van der Waals surface area (Å²) in [6.45, 7) is 11.5. The third-order valence-corrected chi connectivity index (χ3v) is 5.64. The Balaban J connectivity index is 1.75. The van der Waals surface area contributed by atoms with Gasteiger partial charge in [0, 0.05) is 12.3 Å². The van der Waals surface area contributed by atoms with Gasteiger partial charge in [0.1, 0.15) is 37.2 Å². The van der Waals surface area contributed by atoms with Crippen LogP contribution >= 0.6 is 0 Å². The van der Waals surface area contributed by atoms with Gasteiger partial charge >= 0.3 is 0 Å². The van der Waals surface area contributed by atoms with E-state index in [-0.39, 0.29) is 24.2 Å². The molecule has 2 fully saturated rings. The molecule has 0 bridgehead atoms. The number of morpholine rings is 1. The van der Waals surface area contributed by atoms with Crippen molar-refractivity contribution in [2.45, 2.75) is 65.4 Å². The lowest BCUT2D eigenvalue weighted by atomic mass is 10.2. The van der Waals surface area contributed by atoms with Gasteiger partial charge in [0.25, 0.3) is 5.91 Å². The molecule has 27 heavy (non-hydrogen) atoms. The number of quaternary nitrogens is 1. The number of ether oxygens (including phenoxy) is 2. The van der Waals surface area contributed by atoms with E-state index < -0.39 is 0 Å². The molecule has 3 atom stereocenters. The first-order valence-corrected chi connectivity index (χ1v) is 9.89. The SMILES string of the molecule is Cc1c(C#N)c(NC(=O)C[NH+]2C[C@H](C)O[C@@H](C)C2)n(C[C@@H]2CCCO2)c1C. The number of hydrogen-bond donors (Lipinski definition) is 2. The Morgan fingerprint density at radius 3 is 2.63 bits per heavy atom. The zero-order valence-electron chi connectivity index (χ0n) is 16.8. The van der Waals surface area contributed by atoms with Gasteiger partial charge in [0.15, 0.2) is 6.54 Å². The van der Waals surface area contributed by atoms with Gasteiger partial charge in [-0.1, -0.05) is 0 Å². The summed E-state index contributed by atoms with van der Waals surface area (Å²) < 4.78 is 13.6. The molecule has 0 radical (unpaired) electrons. The highest BCUT2D eigenvalue weighted by atomic mass is 16.5. The van der Waals surface area contributed by atoms with Gasteiger partial charge in [-0.25, -0.2) is 0 Å². The first-order chi connectivity index (χ1) is 12.9. The Morgan fingerprint density at radius 1 is 1.33 bits per heavy atom. The molecule has 2 aliphatic heterocycles. The summed E-state index contributed by atoms with van der Waals surface area (Å²) in [7, 11) is 0. The smallest absolute Gasteiger partial charge is 0.280 e. The summed E-state index contributed by atoms with van der Waals surface area (Å²) in [5, 5.41) is 12.7. The van der Waals surface area contributed by atoms with E-state index in [0.29, 0.717) is 24.5 Å². The van der Waals surface area contributed by atoms with Gasteiger partial charge in [-0.3, -0.25) is 4.79 Å². The first-order valence-electron chi connectivity index (χ1n) is 9.89. The summed E-state index contributed by atoms with van der Waals surface area (Å²) in [5.41, 5.74) is 2.49. The molecule has 2 N–H and O–H groups in total. The number of amides is 1. The predicted molar refractivity (Wildman–Crippen MR) is 102 cm³/mol. The van der Waals surface area contributed by atoms with Crippen molar-refractivity contribution in [2.24, 2.45) is 0 Å². The van der Waals surface area contributed by atoms with Crippen LogP contribution in [0.4, 0.5) is 5.82 Å². The van der Waals surface area contributed by atoms with Gasteiger partial charge in [-0.05, 0) is 46.1 Å². The summed E-state index contributed by atoms with van der Waals surface area (Å²) in [5.74, 6) is 0.552. The summed E-state index contributed by atoms with van der Waals surface area (Å²) in [4.78, 5) is 14.0. The molecular weight excluding hydrogens is 344 g/mol. The molecule has 0 saturated carbocycles. The molecule has 148 valence electrons. The van der Waals surface area contributed by atoms with Crippen molar-refractivity contribution in [2.75, 3.05) is 31.6 Å². The Hall–Kier alpha value is -1.88. The van der Waals surface area contributed by atoms with Crippen LogP contribution in [0.3, 0.4) is 0 Å². The predicted octanol–water partition coefficient (Wildman–Crippen LogP) is 0.786. The number of nitriles is 1. The molecule has 2 aliphatic rings. The molecule has 0 unspecified atom stereocenters. The minimum Gasteiger partial charge on any atom is -0.376 e. The number of nitrogens with zero attached hydrogens (tertiary/aromatic N) is 2. The number of carbonyl (C=O) groups is 1. The normalized spacial score (nSPS) is 28.1. The highest BCUT2D eigenvalue weighted by Gasteiger charge is 2.29. The topological polar surface area (TPSA) is 80.7 Å². The summed E-state index contributed by atoms with van der Waals surface area (Å²) in [6, 6.07) is 2.27. The largest absolute Gasteiger partial charge is 0.376 e. The van der Waals surface area contributed by atoms with Crippen molar-refractivity contribution in [3.63, 3.8) is 0 Å². The van der Waals surface area contributed by atoms with Crippen molar-refractivity contribution >= 4 is 11.7 Å². The van der Waals surface area contributed by atoms with E-state index in [1.54, 1.807) is 0 Å². The lowest BCUT2D eigenvalue weighted by molar-refractivity contribution is -0.907. The molecule has 0 aliphatic carbocycles. The van der Waals surface area contributed by atoms with E-state index in [9.17, 15) is 10.1 Å². The third kappa shape index (κ3) is 4.52. The van der Waals surface area contributed by atoms with E-state index >= 15 is 0 Å². The van der Waals surface area contributed by atoms with Crippen molar-refractivity contribution < 1.29 is 19.2 Å². The molecule has 2 saturated heterocycles. The third-order valence-electron chi connectivity index (χ3n) is 5.64. The lowest BCUT2D eigenvalue weighted by Crippen LogP contribution is -3.16. The maximum absolute atomic E-state index is 12.7. The van der Waals surface area contributed by atoms with Crippen LogP contribution in [0.25, 0.3) is 0 Å². The maximum atomic E-state index is 12.7. The number of carbonyl (C=O) groups excluding carboxylic acids is 1. The average Bonchev–Trinajstić information content (AvgIpc) is 3.17. The molecule has 1 amide bonds. The van der Waals surface area contributed by atoms with Gasteiger partial charge < -0.3 is 24.3 Å². The molecule has 3 rings (SSSR count). The second-order valence-corrected chi connectivity index (χ2v) is 7.93. The molecule has 7 heteroatoms. The minimum atomic E-state index is -0.0612. The Kier molecular flexibility index (Phi) is 6.20. The number of nitrogens with one attached hydrogen (secondary N) is 2. The van der Waals surface area contributed by atoms with Crippen LogP contribution in [-0.2, 0) is 20.8 Å². The molecule has 3 heterocycles.